The number of furan rings is 1. The summed E-state index contributed by atoms with van der Waals surface area (Å²) in [6, 6.07) is 61.2. The molecule has 3 heterocycles. The van der Waals surface area contributed by atoms with Crippen molar-refractivity contribution in [2.75, 3.05) is 0 Å². The third-order valence-corrected chi connectivity index (χ3v) is 9.63. The van der Waals surface area contributed by atoms with Crippen LogP contribution in [-0.4, -0.2) is 14.5 Å². The highest BCUT2D eigenvalue weighted by molar-refractivity contribution is 6.14. The van der Waals surface area contributed by atoms with Gasteiger partial charge >= 0.3 is 0 Å². The zero-order chi connectivity index (χ0) is 33.0. The first-order chi connectivity index (χ1) is 24.8. The molecule has 0 aliphatic carbocycles. The van der Waals surface area contributed by atoms with Crippen LogP contribution in [0.4, 0.5) is 0 Å². The Bertz CT molecular complexity index is 2800. The highest BCUT2D eigenvalue weighted by atomic mass is 16.3. The second-order valence-corrected chi connectivity index (χ2v) is 12.6. The summed E-state index contributed by atoms with van der Waals surface area (Å²) in [6.07, 6.45) is 0. The summed E-state index contributed by atoms with van der Waals surface area (Å²) in [7, 11) is 0. The fraction of sp³-hybridized carbons (Fsp3) is 0. The van der Waals surface area contributed by atoms with Crippen molar-refractivity contribution in [3.05, 3.63) is 176 Å². The molecule has 3 aromatic heterocycles. The Morgan fingerprint density at radius 2 is 0.920 bits per heavy atom. The molecule has 10 rings (SSSR count). The maximum absolute atomic E-state index is 6.90. The lowest BCUT2D eigenvalue weighted by Crippen LogP contribution is -1.96. The van der Waals surface area contributed by atoms with E-state index >= 15 is 0 Å². The largest absolute Gasteiger partial charge is 0.455 e. The Hall–Kier alpha value is -6.78. The van der Waals surface area contributed by atoms with Crippen molar-refractivity contribution in [3.8, 4) is 50.7 Å². The van der Waals surface area contributed by atoms with Crippen LogP contribution in [0.2, 0.25) is 0 Å². The van der Waals surface area contributed by atoms with E-state index in [1.807, 2.05) is 36.4 Å². The van der Waals surface area contributed by atoms with Crippen molar-refractivity contribution < 1.29 is 4.42 Å². The molecule has 4 heteroatoms. The minimum atomic E-state index is 0.631. The van der Waals surface area contributed by atoms with E-state index in [1.165, 1.54) is 21.8 Å². The average Bonchev–Trinajstić information content (AvgIpc) is 3.74. The van der Waals surface area contributed by atoms with E-state index in [0.29, 0.717) is 5.82 Å². The predicted octanol–water partition coefficient (Wildman–Crippen LogP) is 12.1. The van der Waals surface area contributed by atoms with E-state index in [0.717, 1.165) is 66.8 Å². The second-order valence-electron chi connectivity index (χ2n) is 12.6. The zero-order valence-corrected chi connectivity index (χ0v) is 27.0. The van der Waals surface area contributed by atoms with Gasteiger partial charge in [0.05, 0.1) is 28.0 Å². The number of hydrogen-bond donors (Lipinski definition) is 0. The van der Waals surface area contributed by atoms with Gasteiger partial charge in [0.1, 0.15) is 11.2 Å². The van der Waals surface area contributed by atoms with E-state index in [4.69, 9.17) is 14.4 Å². The van der Waals surface area contributed by atoms with E-state index < -0.39 is 0 Å². The summed E-state index contributed by atoms with van der Waals surface area (Å²) < 4.78 is 9.25. The molecule has 4 nitrogen and oxygen atoms in total. The molecule has 0 atom stereocenters. The molecule has 0 aliphatic heterocycles. The highest BCUT2D eigenvalue weighted by Gasteiger charge is 2.20. The lowest BCUT2D eigenvalue weighted by Gasteiger charge is -2.09. The standard InChI is InChI=1S/C46H29N3O/c1-4-14-30(15-5-1)40-29-41(31-16-6-2-7-17-31)48-46(47-40)38-24-13-23-37-36-22-12-21-34(44(36)50-45(37)38)32-26-27-43-39(28-32)35-20-10-11-25-42(35)49(43)33-18-8-3-9-19-33/h1-29H. The van der Waals surface area contributed by atoms with Crippen LogP contribution in [0.25, 0.3) is 94.5 Å². The summed E-state index contributed by atoms with van der Waals surface area (Å²) >= 11 is 0. The van der Waals surface area contributed by atoms with Crippen LogP contribution in [0.5, 0.6) is 0 Å². The van der Waals surface area contributed by atoms with Crippen LogP contribution < -0.4 is 0 Å². The molecule has 234 valence electrons. The monoisotopic (exact) mass is 639 g/mol. The first-order valence-corrected chi connectivity index (χ1v) is 16.8. The molecule has 0 radical (unpaired) electrons. The number of nitrogens with zero attached hydrogens (tertiary/aromatic N) is 3. The maximum atomic E-state index is 6.90. The molecule has 0 amide bonds. The first kappa shape index (κ1) is 28.3. The van der Waals surface area contributed by atoms with Crippen molar-refractivity contribution in [1.82, 2.24) is 14.5 Å². The Labute approximate surface area is 288 Å². The number of fused-ring (bicyclic) bond motifs is 6. The fourth-order valence-electron chi connectivity index (χ4n) is 7.30. The summed E-state index contributed by atoms with van der Waals surface area (Å²) in [5.41, 5.74) is 12.0. The molecule has 0 saturated heterocycles. The van der Waals surface area contributed by atoms with Gasteiger partial charge in [-0.3, -0.25) is 0 Å². The van der Waals surface area contributed by atoms with Gasteiger partial charge in [0.2, 0.25) is 0 Å². The average molecular weight is 640 g/mol. The zero-order valence-electron chi connectivity index (χ0n) is 27.0. The molecule has 50 heavy (non-hydrogen) atoms. The lowest BCUT2D eigenvalue weighted by atomic mass is 10.00. The van der Waals surface area contributed by atoms with E-state index in [9.17, 15) is 0 Å². The smallest absolute Gasteiger partial charge is 0.164 e. The summed E-state index contributed by atoms with van der Waals surface area (Å²) in [5, 5.41) is 4.53. The number of aromatic nitrogens is 3. The van der Waals surface area contributed by atoms with Crippen molar-refractivity contribution in [1.29, 1.82) is 0 Å². The molecule has 0 saturated carbocycles. The van der Waals surface area contributed by atoms with Crippen molar-refractivity contribution in [2.45, 2.75) is 0 Å². The van der Waals surface area contributed by atoms with Gasteiger partial charge in [-0.2, -0.15) is 0 Å². The molecule has 0 fully saturated rings. The van der Waals surface area contributed by atoms with Gasteiger partial charge in [0, 0.05) is 43.9 Å². The molecule has 7 aromatic carbocycles. The molecule has 0 N–H and O–H groups in total. The Morgan fingerprint density at radius 3 is 1.60 bits per heavy atom. The summed E-state index contributed by atoms with van der Waals surface area (Å²) in [5.74, 6) is 0.631. The minimum Gasteiger partial charge on any atom is -0.455 e. The number of hydrogen-bond acceptors (Lipinski definition) is 3. The highest BCUT2D eigenvalue weighted by Crippen LogP contribution is 2.41. The van der Waals surface area contributed by atoms with Crippen LogP contribution in [0, 0.1) is 0 Å². The van der Waals surface area contributed by atoms with Crippen molar-refractivity contribution in [3.63, 3.8) is 0 Å². The lowest BCUT2D eigenvalue weighted by molar-refractivity contribution is 0.670. The third kappa shape index (κ3) is 4.54. The summed E-state index contributed by atoms with van der Waals surface area (Å²) in [4.78, 5) is 10.2. The van der Waals surface area contributed by atoms with Gasteiger partial charge in [-0.1, -0.05) is 133 Å². The molecule has 0 aliphatic rings. The minimum absolute atomic E-state index is 0.631. The predicted molar refractivity (Wildman–Crippen MR) is 205 cm³/mol. The van der Waals surface area contributed by atoms with Gasteiger partial charge in [-0.15, -0.1) is 0 Å². The molecular weight excluding hydrogens is 611 g/mol. The van der Waals surface area contributed by atoms with Gasteiger partial charge in [0.25, 0.3) is 0 Å². The third-order valence-electron chi connectivity index (χ3n) is 9.63. The topological polar surface area (TPSA) is 43.9 Å². The van der Waals surface area contributed by atoms with Crippen LogP contribution >= 0.6 is 0 Å². The van der Waals surface area contributed by atoms with E-state index in [1.54, 1.807) is 0 Å². The fourth-order valence-corrected chi connectivity index (χ4v) is 7.30. The van der Waals surface area contributed by atoms with Gasteiger partial charge in [0.15, 0.2) is 5.82 Å². The van der Waals surface area contributed by atoms with E-state index in [2.05, 4.69) is 144 Å². The molecule has 0 bridgehead atoms. The number of benzene rings is 7. The molecular formula is C46H29N3O. The Kier molecular flexibility index (Phi) is 6.46. The molecule has 0 spiro atoms. The van der Waals surface area contributed by atoms with Gasteiger partial charge < -0.3 is 8.98 Å². The molecule has 10 aromatic rings. The second kappa shape index (κ2) is 11.4. The van der Waals surface area contributed by atoms with Gasteiger partial charge in [-0.05, 0) is 48.0 Å². The number of para-hydroxylation sites is 4. The van der Waals surface area contributed by atoms with Crippen LogP contribution in [0.3, 0.4) is 0 Å². The number of rotatable bonds is 5. The van der Waals surface area contributed by atoms with E-state index in [-0.39, 0.29) is 0 Å². The van der Waals surface area contributed by atoms with Crippen LogP contribution in [0.1, 0.15) is 0 Å². The SMILES string of the molecule is c1ccc(-c2cc(-c3ccccc3)nc(-c3cccc4c3oc3c(-c5ccc6c(c5)c5ccccc5n6-c5ccccc5)cccc34)n2)cc1. The summed E-state index contributed by atoms with van der Waals surface area (Å²) in [6.45, 7) is 0. The van der Waals surface area contributed by atoms with Crippen LogP contribution in [0.15, 0.2) is 180 Å². The van der Waals surface area contributed by atoms with Crippen molar-refractivity contribution in [2.24, 2.45) is 0 Å². The van der Waals surface area contributed by atoms with Crippen LogP contribution in [-0.2, 0) is 0 Å². The van der Waals surface area contributed by atoms with Crippen molar-refractivity contribution >= 4 is 43.7 Å². The first-order valence-electron chi connectivity index (χ1n) is 16.8. The normalized spacial score (nSPS) is 11.6. The maximum Gasteiger partial charge on any atom is 0.164 e. The Morgan fingerprint density at radius 1 is 0.380 bits per heavy atom. The van der Waals surface area contributed by atoms with Gasteiger partial charge in [-0.25, -0.2) is 9.97 Å². The quantitative estimate of drug-likeness (QED) is 0.188. The molecule has 0 unspecified atom stereocenters. The Balaban J connectivity index is 1.17.